The molecular weight excluding hydrogens is 298 g/mol. The Balaban J connectivity index is 2.76. The van der Waals surface area contributed by atoms with E-state index in [0.29, 0.717) is 12.3 Å². The summed E-state index contributed by atoms with van der Waals surface area (Å²) in [6, 6.07) is 9.56. The number of Topliss-reactive ketones (excluding diaryl/α,β-unsaturated/α-hetero) is 1. The standard InChI is InChI=1S/C21H35NO2/c1-5-7-14-19(11-6-2)24-21(17(3)16-22-4)15-20(23)18-12-9-8-10-13-18/h8-10,12-13,17,19,21-22H,5-7,11,14-16H2,1-4H3. The maximum Gasteiger partial charge on any atom is 0.165 e. The number of hydrogen-bond acceptors (Lipinski definition) is 3. The van der Waals surface area contributed by atoms with Gasteiger partial charge in [-0.3, -0.25) is 4.79 Å². The Hall–Kier alpha value is -1.19. The lowest BCUT2D eigenvalue weighted by Crippen LogP contribution is -2.35. The van der Waals surface area contributed by atoms with Crippen LogP contribution in [-0.4, -0.2) is 31.6 Å². The smallest absolute Gasteiger partial charge is 0.165 e. The van der Waals surface area contributed by atoms with Crippen LogP contribution in [0.25, 0.3) is 0 Å². The van der Waals surface area contributed by atoms with Crippen molar-refractivity contribution in [3.63, 3.8) is 0 Å². The Kier molecular flexibility index (Phi) is 10.6. The molecule has 0 aliphatic rings. The van der Waals surface area contributed by atoms with Crippen LogP contribution in [0.4, 0.5) is 0 Å². The van der Waals surface area contributed by atoms with Gasteiger partial charge in [0.05, 0.1) is 12.2 Å². The summed E-state index contributed by atoms with van der Waals surface area (Å²) in [6.07, 6.45) is 6.34. The first-order valence-electron chi connectivity index (χ1n) is 9.50. The maximum absolute atomic E-state index is 12.6. The van der Waals surface area contributed by atoms with Gasteiger partial charge in [-0.2, -0.15) is 0 Å². The molecule has 0 spiro atoms. The van der Waals surface area contributed by atoms with Crippen molar-refractivity contribution in [3.05, 3.63) is 35.9 Å². The van der Waals surface area contributed by atoms with Crippen LogP contribution in [0.1, 0.15) is 69.7 Å². The molecule has 0 radical (unpaired) electrons. The van der Waals surface area contributed by atoms with Gasteiger partial charge in [-0.15, -0.1) is 0 Å². The minimum absolute atomic E-state index is 0.0291. The summed E-state index contributed by atoms with van der Waals surface area (Å²) in [4.78, 5) is 12.6. The van der Waals surface area contributed by atoms with Crippen molar-refractivity contribution in [2.45, 2.75) is 71.5 Å². The maximum atomic E-state index is 12.6. The average molecular weight is 334 g/mol. The van der Waals surface area contributed by atoms with Crippen molar-refractivity contribution >= 4 is 5.78 Å². The fraction of sp³-hybridized carbons (Fsp3) is 0.667. The highest BCUT2D eigenvalue weighted by Gasteiger charge is 2.24. The molecule has 3 unspecified atom stereocenters. The number of ketones is 1. The van der Waals surface area contributed by atoms with E-state index < -0.39 is 0 Å². The lowest BCUT2D eigenvalue weighted by Gasteiger charge is -2.29. The molecule has 24 heavy (non-hydrogen) atoms. The van der Waals surface area contributed by atoms with Crippen LogP contribution in [0.3, 0.4) is 0 Å². The van der Waals surface area contributed by atoms with Crippen molar-refractivity contribution in [1.29, 1.82) is 0 Å². The Bertz CT molecular complexity index is 446. The molecular formula is C21H35NO2. The first-order valence-corrected chi connectivity index (χ1v) is 9.50. The Morgan fingerprint density at radius 3 is 2.42 bits per heavy atom. The van der Waals surface area contributed by atoms with Crippen LogP contribution in [-0.2, 0) is 4.74 Å². The van der Waals surface area contributed by atoms with Crippen LogP contribution >= 0.6 is 0 Å². The zero-order valence-electron chi connectivity index (χ0n) is 15.9. The van der Waals surface area contributed by atoms with Crippen LogP contribution in [0.5, 0.6) is 0 Å². The van der Waals surface area contributed by atoms with Gasteiger partial charge in [-0.25, -0.2) is 0 Å². The third-order valence-electron chi connectivity index (χ3n) is 4.50. The number of carbonyl (C=O) groups excluding carboxylic acids is 1. The molecule has 0 aliphatic carbocycles. The molecule has 1 N–H and O–H groups in total. The number of unbranched alkanes of at least 4 members (excludes halogenated alkanes) is 1. The van der Waals surface area contributed by atoms with Gasteiger partial charge < -0.3 is 10.1 Å². The summed E-state index contributed by atoms with van der Waals surface area (Å²) in [5, 5.41) is 3.22. The first kappa shape index (κ1) is 20.9. The third-order valence-corrected chi connectivity index (χ3v) is 4.50. The van der Waals surface area contributed by atoms with E-state index in [0.717, 1.165) is 31.4 Å². The Morgan fingerprint density at radius 2 is 1.83 bits per heavy atom. The van der Waals surface area contributed by atoms with Crippen LogP contribution in [0.2, 0.25) is 0 Å². The molecule has 0 saturated heterocycles. The van der Waals surface area contributed by atoms with E-state index in [1.165, 1.54) is 12.8 Å². The van der Waals surface area contributed by atoms with Gasteiger partial charge in [0.15, 0.2) is 5.78 Å². The third kappa shape index (κ3) is 7.59. The molecule has 0 heterocycles. The molecule has 0 saturated carbocycles. The van der Waals surface area contributed by atoms with Gasteiger partial charge in [0.2, 0.25) is 0 Å². The zero-order chi connectivity index (χ0) is 17.8. The highest BCUT2D eigenvalue weighted by Crippen LogP contribution is 2.21. The number of benzene rings is 1. The SMILES string of the molecule is CCCCC(CCC)OC(CC(=O)c1ccccc1)C(C)CNC. The van der Waals surface area contributed by atoms with Crippen molar-refractivity contribution in [2.24, 2.45) is 5.92 Å². The predicted molar refractivity (Wildman–Crippen MR) is 102 cm³/mol. The second-order valence-corrected chi connectivity index (χ2v) is 6.76. The minimum atomic E-state index is -0.0291. The summed E-state index contributed by atoms with van der Waals surface area (Å²) in [6.45, 7) is 7.44. The molecule has 0 aliphatic heterocycles. The van der Waals surface area contributed by atoms with Gasteiger partial charge >= 0.3 is 0 Å². The second-order valence-electron chi connectivity index (χ2n) is 6.76. The molecule has 1 aromatic carbocycles. The van der Waals surface area contributed by atoms with E-state index in [-0.39, 0.29) is 18.0 Å². The predicted octanol–water partition coefficient (Wildman–Crippen LogP) is 4.86. The molecule has 1 aromatic rings. The van der Waals surface area contributed by atoms with Gasteiger partial charge in [0.25, 0.3) is 0 Å². The lowest BCUT2D eigenvalue weighted by molar-refractivity contribution is -0.0464. The molecule has 0 bridgehead atoms. The number of rotatable bonds is 13. The van der Waals surface area contributed by atoms with E-state index in [2.05, 4.69) is 26.1 Å². The molecule has 1 rings (SSSR count). The van der Waals surface area contributed by atoms with Gasteiger partial charge in [0, 0.05) is 12.0 Å². The molecule has 3 heteroatoms. The van der Waals surface area contributed by atoms with Crippen molar-refractivity contribution in [1.82, 2.24) is 5.32 Å². The largest absolute Gasteiger partial charge is 0.374 e. The fourth-order valence-electron chi connectivity index (χ4n) is 3.04. The topological polar surface area (TPSA) is 38.3 Å². The summed E-state index contributed by atoms with van der Waals surface area (Å²) in [5.41, 5.74) is 0.781. The van der Waals surface area contributed by atoms with Gasteiger partial charge in [-0.1, -0.05) is 70.4 Å². The summed E-state index contributed by atoms with van der Waals surface area (Å²) >= 11 is 0. The number of hydrogen-bond donors (Lipinski definition) is 1. The molecule has 0 fully saturated rings. The zero-order valence-corrected chi connectivity index (χ0v) is 15.9. The quantitative estimate of drug-likeness (QED) is 0.524. The van der Waals surface area contributed by atoms with Crippen LogP contribution in [0, 0.1) is 5.92 Å². The van der Waals surface area contributed by atoms with E-state index >= 15 is 0 Å². The summed E-state index contributed by atoms with van der Waals surface area (Å²) in [5.74, 6) is 0.484. The van der Waals surface area contributed by atoms with Crippen molar-refractivity contribution in [3.8, 4) is 0 Å². The molecule has 0 aromatic heterocycles. The monoisotopic (exact) mass is 333 g/mol. The van der Waals surface area contributed by atoms with E-state index in [9.17, 15) is 4.79 Å². The average Bonchev–Trinajstić information content (AvgIpc) is 2.60. The fourth-order valence-corrected chi connectivity index (χ4v) is 3.04. The highest BCUT2D eigenvalue weighted by molar-refractivity contribution is 5.96. The van der Waals surface area contributed by atoms with E-state index in [1.54, 1.807) is 0 Å². The molecule has 3 atom stereocenters. The number of carbonyl (C=O) groups is 1. The summed E-state index contributed by atoms with van der Waals surface area (Å²) in [7, 11) is 1.95. The Morgan fingerprint density at radius 1 is 1.12 bits per heavy atom. The van der Waals surface area contributed by atoms with E-state index in [1.807, 2.05) is 37.4 Å². The van der Waals surface area contributed by atoms with Crippen LogP contribution < -0.4 is 5.32 Å². The van der Waals surface area contributed by atoms with Crippen molar-refractivity contribution < 1.29 is 9.53 Å². The minimum Gasteiger partial charge on any atom is -0.374 e. The van der Waals surface area contributed by atoms with Gasteiger partial charge in [0.1, 0.15) is 0 Å². The number of ether oxygens (including phenoxy) is 1. The number of nitrogens with one attached hydrogen (secondary N) is 1. The first-order chi connectivity index (χ1) is 11.6. The van der Waals surface area contributed by atoms with Crippen LogP contribution in [0.15, 0.2) is 30.3 Å². The van der Waals surface area contributed by atoms with Gasteiger partial charge in [-0.05, 0) is 32.4 Å². The molecule has 0 amide bonds. The normalized spacial score (nSPS) is 15.0. The summed E-state index contributed by atoms with van der Waals surface area (Å²) < 4.78 is 6.44. The second kappa shape index (κ2) is 12.2. The Labute approximate surface area is 148 Å². The lowest BCUT2D eigenvalue weighted by atomic mass is 9.95. The van der Waals surface area contributed by atoms with Crippen molar-refractivity contribution in [2.75, 3.05) is 13.6 Å². The molecule has 3 nitrogen and oxygen atoms in total. The van der Waals surface area contributed by atoms with E-state index in [4.69, 9.17) is 4.74 Å². The molecule has 136 valence electrons. The highest BCUT2D eigenvalue weighted by atomic mass is 16.5.